The van der Waals surface area contributed by atoms with E-state index >= 15 is 0 Å². The van der Waals surface area contributed by atoms with Gasteiger partial charge in [0.1, 0.15) is 5.82 Å². The molecular weight excluding hydrogens is 281 g/mol. The first-order valence-electron chi connectivity index (χ1n) is 8.44. The predicted octanol–water partition coefficient (Wildman–Crippen LogP) is 3.42. The summed E-state index contributed by atoms with van der Waals surface area (Å²) in [7, 11) is 0. The van der Waals surface area contributed by atoms with Crippen molar-refractivity contribution < 1.29 is 13.9 Å². The lowest BCUT2D eigenvalue weighted by atomic mass is 9.89. The van der Waals surface area contributed by atoms with Crippen molar-refractivity contribution in [1.29, 1.82) is 0 Å². The zero-order valence-electron chi connectivity index (χ0n) is 13.3. The molecule has 1 spiro atoms. The van der Waals surface area contributed by atoms with Gasteiger partial charge in [-0.15, -0.1) is 0 Å². The van der Waals surface area contributed by atoms with Crippen molar-refractivity contribution in [1.82, 2.24) is 5.32 Å². The minimum atomic E-state index is -0.283. The van der Waals surface area contributed by atoms with Gasteiger partial charge in [0.2, 0.25) is 0 Å². The van der Waals surface area contributed by atoms with Crippen LogP contribution in [-0.4, -0.2) is 31.1 Å². The van der Waals surface area contributed by atoms with Crippen LogP contribution in [0.3, 0.4) is 0 Å². The van der Waals surface area contributed by atoms with Gasteiger partial charge in [0.15, 0.2) is 5.79 Å². The molecule has 0 amide bonds. The molecule has 1 heterocycles. The smallest absolute Gasteiger partial charge is 0.168 e. The summed E-state index contributed by atoms with van der Waals surface area (Å²) in [5.41, 5.74) is 0.812. The number of rotatable bonds is 5. The van der Waals surface area contributed by atoms with Crippen molar-refractivity contribution in [3.8, 4) is 0 Å². The van der Waals surface area contributed by atoms with Crippen molar-refractivity contribution in [2.24, 2.45) is 0 Å². The van der Waals surface area contributed by atoms with E-state index in [-0.39, 0.29) is 11.6 Å². The number of aryl methyl sites for hydroxylation is 1. The second-order valence-corrected chi connectivity index (χ2v) is 6.58. The molecule has 1 N–H and O–H groups in total. The Morgan fingerprint density at radius 3 is 2.59 bits per heavy atom. The Labute approximate surface area is 132 Å². The number of ether oxygens (including phenoxy) is 2. The second-order valence-electron chi connectivity index (χ2n) is 6.58. The van der Waals surface area contributed by atoms with Gasteiger partial charge in [-0.25, -0.2) is 4.39 Å². The highest BCUT2D eigenvalue weighted by Crippen LogP contribution is 2.35. The van der Waals surface area contributed by atoms with Crippen LogP contribution >= 0.6 is 0 Å². The Morgan fingerprint density at radius 2 is 1.91 bits per heavy atom. The number of benzene rings is 1. The van der Waals surface area contributed by atoms with E-state index in [9.17, 15) is 4.39 Å². The van der Waals surface area contributed by atoms with Gasteiger partial charge in [-0.2, -0.15) is 0 Å². The van der Waals surface area contributed by atoms with Crippen LogP contribution in [0.15, 0.2) is 24.3 Å². The van der Waals surface area contributed by atoms with Gasteiger partial charge in [0, 0.05) is 24.9 Å². The van der Waals surface area contributed by atoms with Crippen LogP contribution in [0.2, 0.25) is 0 Å². The summed E-state index contributed by atoms with van der Waals surface area (Å²) in [5, 5.41) is 3.68. The van der Waals surface area contributed by atoms with Gasteiger partial charge in [-0.3, -0.25) is 0 Å². The number of halogens is 1. The molecule has 1 saturated heterocycles. The van der Waals surface area contributed by atoms with Crippen LogP contribution in [-0.2, 0) is 15.9 Å². The Balaban J connectivity index is 1.41. The van der Waals surface area contributed by atoms with E-state index in [1.165, 1.54) is 6.07 Å². The highest BCUT2D eigenvalue weighted by molar-refractivity contribution is 5.17. The normalized spacial score (nSPS) is 23.0. The maximum Gasteiger partial charge on any atom is 0.168 e. The van der Waals surface area contributed by atoms with Crippen LogP contribution in [0.5, 0.6) is 0 Å². The molecule has 0 aromatic heterocycles. The summed E-state index contributed by atoms with van der Waals surface area (Å²) < 4.78 is 25.1. The third kappa shape index (κ3) is 3.86. The molecular formula is C18H26FNO2. The molecule has 2 aliphatic rings. The van der Waals surface area contributed by atoms with Gasteiger partial charge in [-0.1, -0.05) is 18.2 Å². The lowest BCUT2D eigenvalue weighted by Gasteiger charge is -2.36. The zero-order valence-corrected chi connectivity index (χ0v) is 13.3. The highest BCUT2D eigenvalue weighted by atomic mass is 19.1. The van der Waals surface area contributed by atoms with Gasteiger partial charge >= 0.3 is 0 Å². The average molecular weight is 307 g/mol. The topological polar surface area (TPSA) is 30.5 Å². The Morgan fingerprint density at radius 1 is 1.23 bits per heavy atom. The molecule has 0 radical (unpaired) electrons. The second kappa shape index (κ2) is 7.07. The molecule has 4 heteroatoms. The Bertz CT molecular complexity index is 478. The van der Waals surface area contributed by atoms with Crippen molar-refractivity contribution in [2.75, 3.05) is 13.2 Å². The number of hydrogen-bond donors (Lipinski definition) is 1. The Kier molecular flexibility index (Phi) is 5.11. The van der Waals surface area contributed by atoms with E-state index in [1.807, 2.05) is 12.1 Å². The first kappa shape index (κ1) is 15.9. The summed E-state index contributed by atoms with van der Waals surface area (Å²) >= 11 is 0. The average Bonchev–Trinajstić information content (AvgIpc) is 2.97. The lowest BCUT2D eigenvalue weighted by Crippen LogP contribution is -2.44. The van der Waals surface area contributed by atoms with E-state index in [0.29, 0.717) is 12.1 Å². The minimum Gasteiger partial charge on any atom is -0.348 e. The molecule has 22 heavy (non-hydrogen) atoms. The fourth-order valence-electron chi connectivity index (χ4n) is 3.57. The summed E-state index contributed by atoms with van der Waals surface area (Å²) in [6.07, 6.45) is 5.86. The van der Waals surface area contributed by atoms with Crippen molar-refractivity contribution in [2.45, 2.75) is 63.3 Å². The predicted molar refractivity (Wildman–Crippen MR) is 84.2 cm³/mol. The molecule has 2 fully saturated rings. The van der Waals surface area contributed by atoms with Crippen LogP contribution in [0.1, 0.15) is 44.6 Å². The zero-order chi connectivity index (χ0) is 15.4. The number of nitrogens with one attached hydrogen (secondary N) is 1. The minimum absolute atomic E-state index is 0.0927. The molecule has 1 aliphatic heterocycles. The van der Waals surface area contributed by atoms with E-state index < -0.39 is 0 Å². The summed E-state index contributed by atoms with van der Waals surface area (Å²) in [5.74, 6) is -0.376. The molecule has 3 nitrogen and oxygen atoms in total. The first-order chi connectivity index (χ1) is 10.7. The fourth-order valence-corrected chi connectivity index (χ4v) is 3.57. The van der Waals surface area contributed by atoms with E-state index in [4.69, 9.17) is 9.47 Å². The third-order valence-corrected chi connectivity index (χ3v) is 4.89. The van der Waals surface area contributed by atoms with Crippen LogP contribution < -0.4 is 5.32 Å². The molecule has 1 atom stereocenters. The van der Waals surface area contributed by atoms with Gasteiger partial charge in [0.25, 0.3) is 0 Å². The summed E-state index contributed by atoms with van der Waals surface area (Å²) in [6, 6.07) is 7.97. The van der Waals surface area contributed by atoms with Crippen LogP contribution in [0.4, 0.5) is 4.39 Å². The molecule has 0 unspecified atom stereocenters. The molecule has 1 aliphatic carbocycles. The van der Waals surface area contributed by atoms with Gasteiger partial charge in [0.05, 0.1) is 13.2 Å². The van der Waals surface area contributed by atoms with Crippen LogP contribution in [0, 0.1) is 5.82 Å². The van der Waals surface area contributed by atoms with Crippen molar-refractivity contribution >= 4 is 0 Å². The highest BCUT2D eigenvalue weighted by Gasteiger charge is 2.40. The first-order valence-corrected chi connectivity index (χ1v) is 8.44. The molecule has 122 valence electrons. The monoisotopic (exact) mass is 307 g/mol. The fraction of sp³-hybridized carbons (Fsp3) is 0.667. The molecule has 1 aromatic carbocycles. The maximum atomic E-state index is 13.6. The standard InChI is InChI=1S/C18H26FNO2/c1-14(6-7-15-4-2-3-5-17(15)19)20-16-8-10-18(11-9-16)21-12-13-22-18/h2-5,14,16,20H,6-13H2,1H3/t14-/m1/s1. The summed E-state index contributed by atoms with van der Waals surface area (Å²) in [4.78, 5) is 0. The largest absolute Gasteiger partial charge is 0.348 e. The maximum absolute atomic E-state index is 13.6. The molecule has 1 aromatic rings. The molecule has 0 bridgehead atoms. The van der Waals surface area contributed by atoms with E-state index in [1.54, 1.807) is 6.07 Å². The summed E-state index contributed by atoms with van der Waals surface area (Å²) in [6.45, 7) is 3.65. The van der Waals surface area contributed by atoms with E-state index in [0.717, 1.165) is 57.3 Å². The SMILES string of the molecule is C[C@H](CCc1ccccc1F)NC1CCC2(CC1)OCCO2. The molecule has 1 saturated carbocycles. The van der Waals surface area contributed by atoms with Gasteiger partial charge < -0.3 is 14.8 Å². The lowest BCUT2D eigenvalue weighted by molar-refractivity contribution is -0.179. The van der Waals surface area contributed by atoms with Crippen molar-refractivity contribution in [3.05, 3.63) is 35.6 Å². The number of hydrogen-bond acceptors (Lipinski definition) is 3. The van der Waals surface area contributed by atoms with Crippen molar-refractivity contribution in [3.63, 3.8) is 0 Å². The third-order valence-electron chi connectivity index (χ3n) is 4.89. The van der Waals surface area contributed by atoms with E-state index in [2.05, 4.69) is 12.2 Å². The quantitative estimate of drug-likeness (QED) is 0.904. The molecule has 3 rings (SSSR count). The Hall–Kier alpha value is -0.970. The van der Waals surface area contributed by atoms with Gasteiger partial charge in [-0.05, 0) is 44.2 Å². The van der Waals surface area contributed by atoms with Crippen LogP contribution in [0.25, 0.3) is 0 Å².